The van der Waals surface area contributed by atoms with E-state index >= 15 is 0 Å². The molecule has 1 aromatic carbocycles. The van der Waals surface area contributed by atoms with Crippen LogP contribution in [-0.2, 0) is 38.1 Å². The molecule has 0 N–H and O–H groups in total. The van der Waals surface area contributed by atoms with Gasteiger partial charge in [0.25, 0.3) is 0 Å². The number of ether oxygens (including phenoxy) is 4. The van der Waals surface area contributed by atoms with Crippen molar-refractivity contribution in [3.05, 3.63) is 30.3 Å². The molecule has 1 aliphatic rings. The predicted molar refractivity (Wildman–Crippen MR) is 110 cm³/mol. The van der Waals surface area contributed by atoms with Crippen molar-refractivity contribution in [3.8, 4) is 0 Å². The van der Waals surface area contributed by atoms with Crippen LogP contribution in [0.5, 0.6) is 0 Å². The molecule has 8 nitrogen and oxygen atoms in total. The molecule has 0 saturated carbocycles. The summed E-state index contributed by atoms with van der Waals surface area (Å²) < 4.78 is 22.4. The van der Waals surface area contributed by atoms with Crippen LogP contribution in [0.1, 0.15) is 27.7 Å². The van der Waals surface area contributed by atoms with Crippen LogP contribution in [-0.4, -0.2) is 73.2 Å². The third kappa shape index (κ3) is 7.34. The summed E-state index contributed by atoms with van der Waals surface area (Å²) in [6.07, 6.45) is -2.79. The zero-order chi connectivity index (χ0) is 22.3. The van der Waals surface area contributed by atoms with E-state index in [2.05, 4.69) is 0 Å². The van der Waals surface area contributed by atoms with Crippen LogP contribution in [0.15, 0.2) is 30.3 Å². The molecular formula is C20H24O8SSe. The molecule has 1 aromatic rings. The van der Waals surface area contributed by atoms with Gasteiger partial charge in [0.1, 0.15) is 0 Å². The first-order valence-electron chi connectivity index (χ1n) is 9.19. The average Bonchev–Trinajstić information content (AvgIpc) is 2.64. The fourth-order valence-electron chi connectivity index (χ4n) is 2.92. The summed E-state index contributed by atoms with van der Waals surface area (Å²) in [5, 5.41) is -0.496. The maximum atomic E-state index is 11.8. The summed E-state index contributed by atoms with van der Waals surface area (Å²) in [7, 11) is 0. The molecule has 1 saturated heterocycles. The molecule has 1 heterocycles. The fraction of sp³-hybridized carbons (Fsp3) is 0.500. The van der Waals surface area contributed by atoms with Crippen molar-refractivity contribution < 1.29 is 38.1 Å². The second-order valence-corrected chi connectivity index (χ2v) is 11.1. The Morgan fingerprint density at radius 2 is 1.33 bits per heavy atom. The monoisotopic (exact) mass is 504 g/mol. The summed E-state index contributed by atoms with van der Waals surface area (Å²) in [4.78, 5) is 46.8. The fourth-order valence-corrected chi connectivity index (χ4v) is 7.96. The van der Waals surface area contributed by atoms with Gasteiger partial charge in [0, 0.05) is 0 Å². The maximum absolute atomic E-state index is 11.8. The minimum atomic E-state index is -1.02. The topological polar surface area (TPSA) is 105 Å². The summed E-state index contributed by atoms with van der Waals surface area (Å²) in [6, 6.07) is 9.65. The number of benzene rings is 1. The van der Waals surface area contributed by atoms with E-state index in [4.69, 9.17) is 18.9 Å². The van der Waals surface area contributed by atoms with E-state index in [0.717, 1.165) is 4.46 Å². The molecule has 164 valence electrons. The van der Waals surface area contributed by atoms with Crippen molar-refractivity contribution in [2.75, 3.05) is 6.61 Å². The van der Waals surface area contributed by atoms with Crippen molar-refractivity contribution >= 4 is 55.1 Å². The summed E-state index contributed by atoms with van der Waals surface area (Å²) in [5.74, 6) is -2.20. The van der Waals surface area contributed by atoms with Crippen LogP contribution in [0.3, 0.4) is 0 Å². The Labute approximate surface area is 185 Å². The zero-order valence-electron chi connectivity index (χ0n) is 17.1. The Morgan fingerprint density at radius 3 is 1.87 bits per heavy atom. The third-order valence-electron chi connectivity index (χ3n) is 3.94. The molecule has 0 radical (unpaired) electrons. The van der Waals surface area contributed by atoms with Crippen molar-refractivity contribution in [2.24, 2.45) is 0 Å². The summed E-state index contributed by atoms with van der Waals surface area (Å²) >= 11 is 1.22. The first-order chi connectivity index (χ1) is 14.2. The average molecular weight is 503 g/mol. The predicted octanol–water partition coefficient (Wildman–Crippen LogP) is 0.816. The van der Waals surface area contributed by atoms with Gasteiger partial charge in [-0.15, -0.1) is 0 Å². The van der Waals surface area contributed by atoms with Crippen LogP contribution < -0.4 is 4.46 Å². The van der Waals surface area contributed by atoms with Crippen LogP contribution in [0, 0.1) is 0 Å². The second-order valence-electron chi connectivity index (χ2n) is 6.50. The van der Waals surface area contributed by atoms with Gasteiger partial charge >= 0.3 is 186 Å². The van der Waals surface area contributed by atoms with Crippen LogP contribution >= 0.6 is 11.8 Å². The normalized spacial score (nSPS) is 25.7. The zero-order valence-corrected chi connectivity index (χ0v) is 19.6. The van der Waals surface area contributed by atoms with E-state index in [0.29, 0.717) is 0 Å². The SMILES string of the molecule is CC(=O)OC[C@H]1S[C@@H]([Se]c2ccccc2)[C@H](OC(C)=O)[C@@H](OC(C)=O)[C@@H]1OC(C)=O. The van der Waals surface area contributed by atoms with Crippen molar-refractivity contribution in [2.45, 2.75) is 55.4 Å². The van der Waals surface area contributed by atoms with Crippen LogP contribution in [0.4, 0.5) is 0 Å². The molecule has 0 aliphatic carbocycles. The second kappa shape index (κ2) is 11.4. The van der Waals surface area contributed by atoms with Gasteiger partial charge in [0.15, 0.2) is 0 Å². The molecule has 0 bridgehead atoms. The van der Waals surface area contributed by atoms with E-state index in [1.165, 1.54) is 39.5 Å². The molecule has 10 heteroatoms. The number of carbonyl (C=O) groups is 4. The first-order valence-corrected chi connectivity index (χ1v) is 12.0. The number of esters is 4. The minimum absolute atomic E-state index is 0.0378. The van der Waals surface area contributed by atoms with Crippen LogP contribution in [0.2, 0.25) is 0 Å². The van der Waals surface area contributed by atoms with E-state index in [-0.39, 0.29) is 25.7 Å². The summed E-state index contributed by atoms with van der Waals surface area (Å²) in [6.45, 7) is 4.98. The Hall–Kier alpha value is -2.03. The van der Waals surface area contributed by atoms with Gasteiger partial charge < -0.3 is 0 Å². The quantitative estimate of drug-likeness (QED) is 0.304. The molecule has 0 spiro atoms. The number of hydrogen-bond acceptors (Lipinski definition) is 9. The Bertz CT molecular complexity index is 771. The third-order valence-corrected chi connectivity index (χ3v) is 8.63. The standard InChI is InChI=1S/C20H24O8SSe/c1-11(21)25-10-16-17(26-12(2)22)18(27-13(3)23)19(28-14(4)24)20(29-16)30-15-8-6-5-7-9-15/h5-9,16-20H,10H2,1-4H3/t16-,17-,18+,19-,20+/m1/s1. The van der Waals surface area contributed by atoms with Gasteiger partial charge in [-0.3, -0.25) is 0 Å². The summed E-state index contributed by atoms with van der Waals surface area (Å²) in [5.41, 5.74) is 0. The Balaban J connectivity index is 2.42. The number of hydrogen-bond donors (Lipinski definition) is 0. The van der Waals surface area contributed by atoms with Gasteiger partial charge in [-0.2, -0.15) is 0 Å². The number of carbonyl (C=O) groups excluding carboxylic acids is 4. The molecule has 0 unspecified atom stereocenters. The van der Waals surface area contributed by atoms with E-state index < -0.39 is 47.4 Å². The number of rotatable bonds is 7. The van der Waals surface area contributed by atoms with Crippen LogP contribution in [0.25, 0.3) is 0 Å². The molecule has 0 aromatic heterocycles. The van der Waals surface area contributed by atoms with E-state index in [1.54, 1.807) is 0 Å². The molecule has 5 atom stereocenters. The van der Waals surface area contributed by atoms with Gasteiger partial charge in [-0.1, -0.05) is 0 Å². The van der Waals surface area contributed by atoms with Crippen molar-refractivity contribution in [1.82, 2.24) is 0 Å². The first kappa shape index (κ1) is 24.2. The molecule has 30 heavy (non-hydrogen) atoms. The molecule has 2 rings (SSSR count). The molecule has 0 amide bonds. The Morgan fingerprint density at radius 1 is 0.800 bits per heavy atom. The molecular weight excluding hydrogens is 479 g/mol. The van der Waals surface area contributed by atoms with Gasteiger partial charge in [0.2, 0.25) is 0 Å². The number of thioether (sulfide) groups is 1. The molecule has 1 fully saturated rings. The van der Waals surface area contributed by atoms with E-state index in [9.17, 15) is 19.2 Å². The van der Waals surface area contributed by atoms with Crippen molar-refractivity contribution in [3.63, 3.8) is 0 Å². The van der Waals surface area contributed by atoms with Gasteiger partial charge in [-0.05, 0) is 0 Å². The van der Waals surface area contributed by atoms with Crippen molar-refractivity contribution in [1.29, 1.82) is 0 Å². The van der Waals surface area contributed by atoms with E-state index in [1.807, 2.05) is 30.3 Å². The Kier molecular flexibility index (Phi) is 9.20. The molecule has 1 aliphatic heterocycles. The van der Waals surface area contributed by atoms with Gasteiger partial charge in [-0.25, -0.2) is 0 Å². The van der Waals surface area contributed by atoms with Gasteiger partial charge in [0.05, 0.1) is 0 Å².